The molecule has 2 amide bonds. The van der Waals surface area contributed by atoms with Gasteiger partial charge < -0.3 is 10.2 Å². The number of carbonyl (C=O) groups is 2. The number of aryl methyl sites for hydroxylation is 1. The topological polar surface area (TPSA) is 67.2 Å². The summed E-state index contributed by atoms with van der Waals surface area (Å²) < 4.78 is 1.70. The van der Waals surface area contributed by atoms with Gasteiger partial charge in [0.1, 0.15) is 0 Å². The number of amides is 2. The number of nitrogens with one attached hydrogen (secondary N) is 1. The molecule has 1 N–H and O–H groups in total. The monoisotopic (exact) mass is 354 g/mol. The molecule has 6 nitrogen and oxygen atoms in total. The quantitative estimate of drug-likeness (QED) is 0.766. The predicted molar refractivity (Wildman–Crippen MR) is 97.7 cm³/mol. The summed E-state index contributed by atoms with van der Waals surface area (Å²) in [5, 5.41) is 8.78. The molecule has 0 spiro atoms. The van der Waals surface area contributed by atoms with Crippen molar-refractivity contribution < 1.29 is 9.59 Å². The molecule has 0 aliphatic rings. The normalized spacial score (nSPS) is 10.5. The number of anilines is 1. The van der Waals surface area contributed by atoms with Gasteiger partial charge in [-0.15, -0.1) is 11.3 Å². The summed E-state index contributed by atoms with van der Waals surface area (Å²) >= 11 is 1.36. The fourth-order valence-corrected chi connectivity index (χ4v) is 3.09. The smallest absolute Gasteiger partial charge is 0.265 e. The van der Waals surface area contributed by atoms with Crippen LogP contribution in [-0.2, 0) is 13.6 Å². The van der Waals surface area contributed by atoms with E-state index in [9.17, 15) is 9.59 Å². The molecule has 0 radical (unpaired) electrons. The first kappa shape index (κ1) is 16.9. The summed E-state index contributed by atoms with van der Waals surface area (Å²) in [7, 11) is 3.56. The van der Waals surface area contributed by atoms with E-state index in [0.29, 0.717) is 22.7 Å². The van der Waals surface area contributed by atoms with E-state index in [-0.39, 0.29) is 11.8 Å². The molecular weight excluding hydrogens is 336 g/mol. The zero-order valence-electron chi connectivity index (χ0n) is 14.0. The van der Waals surface area contributed by atoms with Crippen LogP contribution in [-0.4, -0.2) is 33.5 Å². The molecule has 0 saturated heterocycles. The highest BCUT2D eigenvalue weighted by Crippen LogP contribution is 2.20. The maximum Gasteiger partial charge on any atom is 0.265 e. The number of hydrogen-bond acceptors (Lipinski definition) is 4. The van der Waals surface area contributed by atoms with Gasteiger partial charge in [-0.25, -0.2) is 0 Å². The van der Waals surface area contributed by atoms with E-state index in [0.717, 1.165) is 5.56 Å². The largest absolute Gasteiger partial charge is 0.337 e. The average Bonchev–Trinajstić information content (AvgIpc) is 3.26. The van der Waals surface area contributed by atoms with Crippen molar-refractivity contribution in [1.82, 2.24) is 14.7 Å². The number of carbonyl (C=O) groups excluding carboxylic acids is 2. The van der Waals surface area contributed by atoms with Crippen molar-refractivity contribution in [3.63, 3.8) is 0 Å². The Morgan fingerprint density at radius 1 is 1.24 bits per heavy atom. The zero-order valence-corrected chi connectivity index (χ0v) is 14.8. The van der Waals surface area contributed by atoms with Gasteiger partial charge in [-0.2, -0.15) is 5.10 Å². The lowest BCUT2D eigenvalue weighted by atomic mass is 10.1. The molecule has 0 unspecified atom stereocenters. The number of benzene rings is 1. The molecule has 128 valence electrons. The van der Waals surface area contributed by atoms with Gasteiger partial charge in [0.25, 0.3) is 11.8 Å². The number of para-hydroxylation sites is 1. The lowest BCUT2D eigenvalue weighted by Gasteiger charge is -2.18. The summed E-state index contributed by atoms with van der Waals surface area (Å²) in [6.07, 6.45) is 3.60. The molecule has 0 aliphatic heterocycles. The van der Waals surface area contributed by atoms with Gasteiger partial charge in [0.05, 0.1) is 22.3 Å². The minimum absolute atomic E-state index is 0.161. The second-order valence-electron chi connectivity index (χ2n) is 5.66. The van der Waals surface area contributed by atoms with Crippen LogP contribution >= 0.6 is 11.3 Å². The fraction of sp³-hybridized carbons (Fsp3) is 0.167. The van der Waals surface area contributed by atoms with Crippen LogP contribution < -0.4 is 5.32 Å². The Bertz CT molecular complexity index is 886. The molecule has 0 saturated carbocycles. The van der Waals surface area contributed by atoms with Crippen LogP contribution in [0.15, 0.2) is 54.2 Å². The predicted octanol–water partition coefficient (Wildman–Crippen LogP) is 3.01. The van der Waals surface area contributed by atoms with Crippen molar-refractivity contribution in [2.45, 2.75) is 6.54 Å². The Kier molecular flexibility index (Phi) is 4.95. The summed E-state index contributed by atoms with van der Waals surface area (Å²) in [6, 6.07) is 10.6. The third-order valence-electron chi connectivity index (χ3n) is 3.68. The summed E-state index contributed by atoms with van der Waals surface area (Å²) in [5.74, 6) is -0.379. The van der Waals surface area contributed by atoms with Crippen LogP contribution in [0, 0.1) is 0 Å². The second-order valence-corrected chi connectivity index (χ2v) is 6.61. The van der Waals surface area contributed by atoms with Crippen LogP contribution in [0.2, 0.25) is 0 Å². The standard InChI is InChI=1S/C18H18N4O2S/c1-21(11-13-10-19-22(2)12-13)18(24)14-6-3-4-7-15(14)20-17(23)16-8-5-9-25-16/h3-10,12H,11H2,1-2H3,(H,20,23). The minimum atomic E-state index is -0.217. The Hall–Kier alpha value is -2.93. The van der Waals surface area contributed by atoms with Crippen LogP contribution in [0.25, 0.3) is 0 Å². The average molecular weight is 354 g/mol. The van der Waals surface area contributed by atoms with Crippen molar-refractivity contribution in [1.29, 1.82) is 0 Å². The number of nitrogens with zero attached hydrogens (tertiary/aromatic N) is 3. The molecule has 25 heavy (non-hydrogen) atoms. The Labute approximate surface area is 149 Å². The van der Waals surface area contributed by atoms with Gasteiger partial charge in [-0.05, 0) is 23.6 Å². The first-order chi connectivity index (χ1) is 12.0. The molecule has 3 aromatic rings. The van der Waals surface area contributed by atoms with E-state index in [2.05, 4.69) is 10.4 Å². The highest BCUT2D eigenvalue weighted by atomic mass is 32.1. The second kappa shape index (κ2) is 7.31. The van der Waals surface area contributed by atoms with Crippen molar-refractivity contribution in [2.24, 2.45) is 7.05 Å². The van der Waals surface area contributed by atoms with E-state index < -0.39 is 0 Å². The first-order valence-electron chi connectivity index (χ1n) is 7.71. The van der Waals surface area contributed by atoms with E-state index in [4.69, 9.17) is 0 Å². The molecule has 0 atom stereocenters. The molecular formula is C18H18N4O2S. The SMILES string of the molecule is CN(Cc1cnn(C)c1)C(=O)c1ccccc1NC(=O)c1cccs1. The third kappa shape index (κ3) is 3.95. The van der Waals surface area contributed by atoms with Gasteiger partial charge in [-0.1, -0.05) is 18.2 Å². The lowest BCUT2D eigenvalue weighted by Crippen LogP contribution is -2.27. The molecule has 0 aliphatic carbocycles. The number of hydrogen-bond donors (Lipinski definition) is 1. The van der Waals surface area contributed by atoms with Gasteiger partial charge in [0.2, 0.25) is 0 Å². The Morgan fingerprint density at radius 2 is 2.04 bits per heavy atom. The van der Waals surface area contributed by atoms with Crippen LogP contribution in [0.4, 0.5) is 5.69 Å². The maximum atomic E-state index is 12.8. The summed E-state index contributed by atoms with van der Waals surface area (Å²) in [6.45, 7) is 0.444. The molecule has 2 aromatic heterocycles. The van der Waals surface area contributed by atoms with E-state index in [1.807, 2.05) is 24.7 Å². The van der Waals surface area contributed by atoms with Crippen molar-refractivity contribution in [3.05, 3.63) is 70.2 Å². The molecule has 1 aromatic carbocycles. The third-order valence-corrected chi connectivity index (χ3v) is 4.54. The van der Waals surface area contributed by atoms with Gasteiger partial charge in [-0.3, -0.25) is 14.3 Å². The van der Waals surface area contributed by atoms with Crippen molar-refractivity contribution >= 4 is 28.8 Å². The van der Waals surface area contributed by atoms with Crippen LogP contribution in [0.1, 0.15) is 25.6 Å². The molecule has 2 heterocycles. The first-order valence-corrected chi connectivity index (χ1v) is 8.59. The van der Waals surface area contributed by atoms with Crippen LogP contribution in [0.5, 0.6) is 0 Å². The zero-order chi connectivity index (χ0) is 17.8. The van der Waals surface area contributed by atoms with Gasteiger partial charge >= 0.3 is 0 Å². The van der Waals surface area contributed by atoms with Gasteiger partial charge in [0.15, 0.2) is 0 Å². The Balaban J connectivity index is 1.77. The molecule has 7 heteroatoms. The summed E-state index contributed by atoms with van der Waals surface area (Å²) in [5.41, 5.74) is 1.90. The Morgan fingerprint density at radius 3 is 2.72 bits per heavy atom. The number of thiophene rings is 1. The maximum absolute atomic E-state index is 12.8. The highest BCUT2D eigenvalue weighted by molar-refractivity contribution is 7.12. The van der Waals surface area contributed by atoms with Crippen molar-refractivity contribution in [2.75, 3.05) is 12.4 Å². The molecule has 0 fully saturated rings. The van der Waals surface area contributed by atoms with Gasteiger partial charge in [0, 0.05) is 32.4 Å². The number of aromatic nitrogens is 2. The lowest BCUT2D eigenvalue weighted by molar-refractivity contribution is 0.0786. The number of rotatable bonds is 5. The van der Waals surface area contributed by atoms with E-state index >= 15 is 0 Å². The van der Waals surface area contributed by atoms with E-state index in [1.165, 1.54) is 11.3 Å². The molecule has 3 rings (SSSR count). The van der Waals surface area contributed by atoms with Crippen molar-refractivity contribution in [3.8, 4) is 0 Å². The van der Waals surface area contributed by atoms with E-state index in [1.54, 1.807) is 53.2 Å². The molecule has 0 bridgehead atoms. The van der Waals surface area contributed by atoms with Crippen LogP contribution in [0.3, 0.4) is 0 Å². The minimum Gasteiger partial charge on any atom is -0.337 e. The highest BCUT2D eigenvalue weighted by Gasteiger charge is 2.18. The summed E-state index contributed by atoms with van der Waals surface area (Å²) in [4.78, 5) is 27.3. The fourth-order valence-electron chi connectivity index (χ4n) is 2.48.